The van der Waals surface area contributed by atoms with E-state index in [4.69, 9.17) is 0 Å². The second-order valence-corrected chi connectivity index (χ2v) is 10.3. The lowest BCUT2D eigenvalue weighted by Crippen LogP contribution is -2.67. The zero-order valence-corrected chi connectivity index (χ0v) is 18.7. The molecule has 4 aliphatic rings. The summed E-state index contributed by atoms with van der Waals surface area (Å²) in [6, 6.07) is 10.8. The van der Waals surface area contributed by atoms with E-state index in [1.54, 1.807) is 0 Å². The first-order valence-electron chi connectivity index (χ1n) is 11.8. The van der Waals surface area contributed by atoms with E-state index in [1.165, 1.54) is 11.8 Å². The first-order chi connectivity index (χ1) is 16.3. The second kappa shape index (κ2) is 7.83. The molecule has 1 saturated carbocycles. The van der Waals surface area contributed by atoms with Crippen molar-refractivity contribution >= 4 is 11.8 Å². The molecule has 3 aliphatic heterocycles. The van der Waals surface area contributed by atoms with Crippen LogP contribution >= 0.6 is 0 Å². The Hall–Kier alpha value is -2.88. The van der Waals surface area contributed by atoms with Gasteiger partial charge in [-0.3, -0.25) is 4.90 Å². The Morgan fingerprint density at radius 2 is 1.82 bits per heavy atom. The summed E-state index contributed by atoms with van der Waals surface area (Å²) in [5.74, 6) is 0.437. The number of hydrogen-bond donors (Lipinski definition) is 1. The van der Waals surface area contributed by atoms with Crippen LogP contribution in [0.3, 0.4) is 0 Å². The lowest BCUT2D eigenvalue weighted by atomic mass is 9.60. The van der Waals surface area contributed by atoms with Crippen LogP contribution in [0.15, 0.2) is 42.7 Å². The van der Waals surface area contributed by atoms with Gasteiger partial charge in [0.25, 0.3) is 0 Å². The summed E-state index contributed by atoms with van der Waals surface area (Å²) >= 11 is 0. The average Bonchev–Trinajstić information content (AvgIpc) is 3.37. The number of carbonyl (C=O) groups excluding carboxylic acids is 1. The maximum Gasteiger partial charge on any atom is 0.434 e. The van der Waals surface area contributed by atoms with Crippen LogP contribution in [0.4, 0.5) is 23.8 Å². The molecule has 7 nitrogen and oxygen atoms in total. The zero-order valence-electron chi connectivity index (χ0n) is 18.7. The minimum Gasteiger partial charge on any atom is -0.348 e. The number of urea groups is 1. The molecule has 1 N–H and O–H groups in total. The molecular weight excluding hydrogens is 445 g/mol. The van der Waals surface area contributed by atoms with Crippen molar-refractivity contribution in [1.82, 2.24) is 25.1 Å². The van der Waals surface area contributed by atoms with Crippen LogP contribution in [0.5, 0.6) is 0 Å². The minimum atomic E-state index is -4.50. The predicted octanol–water partition coefficient (Wildman–Crippen LogP) is 3.13. The van der Waals surface area contributed by atoms with E-state index in [0.29, 0.717) is 24.3 Å². The van der Waals surface area contributed by atoms with Gasteiger partial charge in [0.1, 0.15) is 5.82 Å². The van der Waals surface area contributed by atoms with Crippen LogP contribution in [0, 0.1) is 5.41 Å². The SMILES string of the molecule is O=C(NC1CC2(C1)CN(Cc1ccccc1)C2)N1C[C@H]2C[C@@H]1CN2c1cnc(C(F)(F)F)cn1. The van der Waals surface area contributed by atoms with Crippen molar-refractivity contribution in [2.24, 2.45) is 5.41 Å². The molecule has 4 fully saturated rings. The van der Waals surface area contributed by atoms with Gasteiger partial charge in [0.15, 0.2) is 5.69 Å². The van der Waals surface area contributed by atoms with Crippen molar-refractivity contribution in [2.45, 2.75) is 50.1 Å². The highest BCUT2D eigenvalue weighted by molar-refractivity contribution is 5.76. The van der Waals surface area contributed by atoms with Crippen molar-refractivity contribution in [3.63, 3.8) is 0 Å². The van der Waals surface area contributed by atoms with Crippen molar-refractivity contribution in [3.8, 4) is 0 Å². The Labute approximate surface area is 196 Å². The topological polar surface area (TPSA) is 64.6 Å². The van der Waals surface area contributed by atoms with Crippen LogP contribution in [0.2, 0.25) is 0 Å². The van der Waals surface area contributed by atoms with Crippen LogP contribution in [0.1, 0.15) is 30.5 Å². The number of amides is 2. The number of carbonyl (C=O) groups is 1. The third-order valence-corrected chi connectivity index (χ3v) is 7.78. The number of nitrogens with zero attached hydrogens (tertiary/aromatic N) is 5. The van der Waals surface area contributed by atoms with Crippen LogP contribution < -0.4 is 10.2 Å². The van der Waals surface area contributed by atoms with Gasteiger partial charge in [-0.1, -0.05) is 30.3 Å². The molecule has 6 rings (SSSR count). The number of benzene rings is 1. The first kappa shape index (κ1) is 21.6. The van der Waals surface area contributed by atoms with Crippen LogP contribution in [-0.4, -0.2) is 70.1 Å². The zero-order chi connectivity index (χ0) is 23.5. The number of anilines is 1. The van der Waals surface area contributed by atoms with Gasteiger partial charge in [0.2, 0.25) is 0 Å². The van der Waals surface area contributed by atoms with E-state index in [-0.39, 0.29) is 24.2 Å². The fourth-order valence-electron chi connectivity index (χ4n) is 6.27. The van der Waals surface area contributed by atoms with Gasteiger partial charge in [-0.05, 0) is 30.2 Å². The van der Waals surface area contributed by atoms with E-state index < -0.39 is 11.9 Å². The summed E-state index contributed by atoms with van der Waals surface area (Å²) < 4.78 is 38.2. The van der Waals surface area contributed by atoms with Gasteiger partial charge in [0.05, 0.1) is 24.5 Å². The molecular formula is C24H27F3N6O. The molecule has 1 aromatic carbocycles. The lowest BCUT2D eigenvalue weighted by molar-refractivity contribution is -0.141. The molecule has 1 aliphatic carbocycles. The number of hydrogen-bond acceptors (Lipinski definition) is 5. The summed E-state index contributed by atoms with van der Waals surface area (Å²) in [5.41, 5.74) is 0.700. The molecule has 0 radical (unpaired) electrons. The molecule has 2 bridgehead atoms. The molecule has 2 atom stereocenters. The number of aromatic nitrogens is 2. The number of alkyl halides is 3. The molecule has 1 spiro atoms. The number of halogens is 3. The minimum absolute atomic E-state index is 0.0223. The molecule has 180 valence electrons. The first-order valence-corrected chi connectivity index (χ1v) is 11.8. The van der Waals surface area contributed by atoms with Crippen molar-refractivity contribution in [2.75, 3.05) is 31.1 Å². The lowest BCUT2D eigenvalue weighted by Gasteiger charge is -2.59. The number of likely N-dealkylation sites (tertiary alicyclic amines) is 2. The van der Waals surface area contributed by atoms with Gasteiger partial charge in [0, 0.05) is 38.8 Å². The second-order valence-electron chi connectivity index (χ2n) is 10.3. The average molecular weight is 473 g/mol. The quantitative estimate of drug-likeness (QED) is 0.741. The molecule has 2 amide bonds. The molecule has 4 heterocycles. The van der Waals surface area contributed by atoms with E-state index in [2.05, 4.69) is 44.5 Å². The maximum atomic E-state index is 12.9. The largest absolute Gasteiger partial charge is 0.434 e. The van der Waals surface area contributed by atoms with Gasteiger partial charge in [-0.15, -0.1) is 0 Å². The Balaban J connectivity index is 0.963. The summed E-state index contributed by atoms with van der Waals surface area (Å²) in [6.07, 6.45) is 0.322. The third kappa shape index (κ3) is 3.87. The molecule has 2 aromatic rings. The Morgan fingerprint density at radius 3 is 2.44 bits per heavy atom. The fourth-order valence-corrected chi connectivity index (χ4v) is 6.27. The Morgan fingerprint density at radius 1 is 1.06 bits per heavy atom. The van der Waals surface area contributed by atoms with Gasteiger partial charge < -0.3 is 15.1 Å². The molecule has 0 unspecified atom stereocenters. The summed E-state index contributed by atoms with van der Waals surface area (Å²) in [6.45, 7) is 4.29. The number of piperazine rings is 1. The van der Waals surface area contributed by atoms with Crippen molar-refractivity contribution < 1.29 is 18.0 Å². The standard InChI is InChI=1S/C24H27F3N6O/c25-24(26,27)20-9-29-21(10-28-20)32-12-19-6-18(32)13-33(19)22(34)30-17-7-23(8-17)14-31(15-23)11-16-4-2-1-3-5-16/h1-5,9-10,17-19H,6-8,11-15H2,(H,30,34)/t18-,19-/m1/s1. The van der Waals surface area contributed by atoms with Gasteiger partial charge in [-0.2, -0.15) is 13.2 Å². The third-order valence-electron chi connectivity index (χ3n) is 7.78. The fraction of sp³-hybridized carbons (Fsp3) is 0.542. The monoisotopic (exact) mass is 472 g/mol. The van der Waals surface area contributed by atoms with E-state index in [0.717, 1.165) is 45.1 Å². The predicted molar refractivity (Wildman–Crippen MR) is 119 cm³/mol. The van der Waals surface area contributed by atoms with Crippen LogP contribution in [0.25, 0.3) is 0 Å². The molecule has 3 saturated heterocycles. The Kier molecular flexibility index (Phi) is 4.98. The van der Waals surface area contributed by atoms with Gasteiger partial charge in [-0.25, -0.2) is 14.8 Å². The molecule has 1 aromatic heterocycles. The summed E-state index contributed by atoms with van der Waals surface area (Å²) in [7, 11) is 0. The van der Waals surface area contributed by atoms with E-state index >= 15 is 0 Å². The van der Waals surface area contributed by atoms with Gasteiger partial charge >= 0.3 is 12.2 Å². The highest BCUT2D eigenvalue weighted by Crippen LogP contribution is 2.49. The Bertz CT molecular complexity index is 1050. The van der Waals surface area contributed by atoms with E-state index in [1.807, 2.05) is 15.9 Å². The van der Waals surface area contributed by atoms with E-state index in [9.17, 15) is 18.0 Å². The highest BCUT2D eigenvalue weighted by Gasteiger charge is 2.53. The number of fused-ring (bicyclic) bond motifs is 2. The summed E-state index contributed by atoms with van der Waals surface area (Å²) in [4.78, 5) is 26.7. The summed E-state index contributed by atoms with van der Waals surface area (Å²) in [5, 5.41) is 3.21. The molecule has 34 heavy (non-hydrogen) atoms. The molecule has 10 heteroatoms. The highest BCUT2D eigenvalue weighted by atomic mass is 19.4. The normalized spacial score (nSPS) is 26.0. The van der Waals surface area contributed by atoms with Crippen molar-refractivity contribution in [3.05, 3.63) is 54.0 Å². The van der Waals surface area contributed by atoms with Crippen LogP contribution in [-0.2, 0) is 12.7 Å². The van der Waals surface area contributed by atoms with Crippen molar-refractivity contribution in [1.29, 1.82) is 0 Å². The number of rotatable bonds is 4. The number of nitrogens with one attached hydrogen (secondary N) is 1. The smallest absolute Gasteiger partial charge is 0.348 e. The maximum absolute atomic E-state index is 12.9.